The lowest BCUT2D eigenvalue weighted by molar-refractivity contribution is 0.549. The van der Waals surface area contributed by atoms with Gasteiger partial charge in [-0.05, 0) is 43.0 Å². The highest BCUT2D eigenvalue weighted by Crippen LogP contribution is 2.37. The predicted molar refractivity (Wildman–Crippen MR) is 78.1 cm³/mol. The van der Waals surface area contributed by atoms with Gasteiger partial charge in [-0.25, -0.2) is 0 Å². The Bertz CT molecular complexity index is 571. The van der Waals surface area contributed by atoms with E-state index >= 15 is 0 Å². The molecular formula is C16H21N3. The molecule has 19 heavy (non-hydrogen) atoms. The van der Waals surface area contributed by atoms with Crippen molar-refractivity contribution in [3.8, 4) is 11.1 Å². The van der Waals surface area contributed by atoms with E-state index in [-0.39, 0.29) is 0 Å². The van der Waals surface area contributed by atoms with Gasteiger partial charge in [0, 0.05) is 24.3 Å². The molecule has 0 saturated carbocycles. The Balaban J connectivity index is 2.00. The summed E-state index contributed by atoms with van der Waals surface area (Å²) in [6.07, 6.45) is 6.51. The fourth-order valence-electron chi connectivity index (χ4n) is 3.06. The van der Waals surface area contributed by atoms with Crippen molar-refractivity contribution in [2.75, 3.05) is 6.54 Å². The number of aromatic nitrogens is 2. The van der Waals surface area contributed by atoms with E-state index in [1.807, 2.05) is 10.9 Å². The van der Waals surface area contributed by atoms with E-state index in [9.17, 15) is 0 Å². The third kappa shape index (κ3) is 2.19. The van der Waals surface area contributed by atoms with Crippen LogP contribution in [0.3, 0.4) is 0 Å². The number of hydrogen-bond donors (Lipinski definition) is 1. The molecule has 1 aliphatic rings. The van der Waals surface area contributed by atoms with E-state index < -0.39 is 0 Å². The van der Waals surface area contributed by atoms with Crippen molar-refractivity contribution in [2.24, 2.45) is 0 Å². The van der Waals surface area contributed by atoms with Crippen LogP contribution in [0.1, 0.15) is 37.4 Å². The Morgan fingerprint density at radius 3 is 3.00 bits per heavy atom. The van der Waals surface area contributed by atoms with E-state index in [0.717, 1.165) is 13.1 Å². The van der Waals surface area contributed by atoms with Crippen LogP contribution in [0.4, 0.5) is 0 Å². The lowest BCUT2D eigenvalue weighted by Crippen LogP contribution is -2.18. The van der Waals surface area contributed by atoms with Gasteiger partial charge in [-0.1, -0.05) is 25.1 Å². The summed E-state index contributed by atoms with van der Waals surface area (Å²) in [6, 6.07) is 7.20. The summed E-state index contributed by atoms with van der Waals surface area (Å²) < 4.78 is 1.99. The minimum Gasteiger partial charge on any atom is -0.310 e. The lowest BCUT2D eigenvalue weighted by atomic mass is 9.98. The van der Waals surface area contributed by atoms with Crippen LogP contribution in [0, 0.1) is 0 Å². The normalized spacial score (nSPS) is 17.7. The third-order valence-electron chi connectivity index (χ3n) is 3.99. The van der Waals surface area contributed by atoms with Crippen molar-refractivity contribution in [3.05, 3.63) is 41.7 Å². The molecule has 0 radical (unpaired) electrons. The number of nitrogens with zero attached hydrogens (tertiary/aromatic N) is 2. The molecule has 3 nitrogen and oxygen atoms in total. The molecule has 0 aliphatic heterocycles. The molecule has 100 valence electrons. The molecule has 1 aromatic carbocycles. The number of rotatable bonds is 4. The van der Waals surface area contributed by atoms with Gasteiger partial charge in [-0.15, -0.1) is 0 Å². The van der Waals surface area contributed by atoms with Crippen LogP contribution in [0.25, 0.3) is 11.1 Å². The Labute approximate surface area is 114 Å². The van der Waals surface area contributed by atoms with Crippen molar-refractivity contribution in [2.45, 2.75) is 39.3 Å². The number of hydrogen-bond acceptors (Lipinski definition) is 2. The van der Waals surface area contributed by atoms with Gasteiger partial charge in [0.25, 0.3) is 0 Å². The van der Waals surface area contributed by atoms with Crippen LogP contribution in [-0.4, -0.2) is 16.3 Å². The molecule has 1 unspecified atom stereocenters. The number of benzene rings is 1. The van der Waals surface area contributed by atoms with Gasteiger partial charge >= 0.3 is 0 Å². The van der Waals surface area contributed by atoms with Gasteiger partial charge in [0.15, 0.2) is 0 Å². The van der Waals surface area contributed by atoms with Crippen molar-refractivity contribution in [3.63, 3.8) is 0 Å². The van der Waals surface area contributed by atoms with Crippen molar-refractivity contribution < 1.29 is 0 Å². The Morgan fingerprint density at radius 1 is 1.37 bits per heavy atom. The van der Waals surface area contributed by atoms with Crippen LogP contribution in [0.2, 0.25) is 0 Å². The average Bonchev–Trinajstić information content (AvgIpc) is 3.06. The van der Waals surface area contributed by atoms with Crippen LogP contribution in [0.15, 0.2) is 30.6 Å². The first kappa shape index (κ1) is 12.4. The average molecular weight is 255 g/mol. The standard InChI is InChI=1S/C16H21N3/c1-3-17-16-9-8-14-13(6-5-7-15(14)16)12-10-18-19(4-2)11-12/h5-7,10-11,16-17H,3-4,8-9H2,1-2H3. The zero-order valence-corrected chi connectivity index (χ0v) is 11.7. The molecule has 0 saturated heterocycles. The molecule has 1 heterocycles. The second-order valence-electron chi connectivity index (χ2n) is 5.11. The third-order valence-corrected chi connectivity index (χ3v) is 3.99. The van der Waals surface area contributed by atoms with Crippen molar-refractivity contribution >= 4 is 0 Å². The van der Waals surface area contributed by atoms with Gasteiger partial charge < -0.3 is 5.32 Å². The molecular weight excluding hydrogens is 234 g/mol. The maximum atomic E-state index is 4.39. The second kappa shape index (κ2) is 5.17. The summed E-state index contributed by atoms with van der Waals surface area (Å²) >= 11 is 0. The summed E-state index contributed by atoms with van der Waals surface area (Å²) in [6.45, 7) is 6.25. The molecule has 0 bridgehead atoms. The van der Waals surface area contributed by atoms with Crippen LogP contribution < -0.4 is 5.32 Å². The van der Waals surface area contributed by atoms with Crippen LogP contribution in [-0.2, 0) is 13.0 Å². The fraction of sp³-hybridized carbons (Fsp3) is 0.438. The van der Waals surface area contributed by atoms with E-state index in [1.165, 1.54) is 35.1 Å². The van der Waals surface area contributed by atoms with E-state index in [1.54, 1.807) is 0 Å². The molecule has 0 fully saturated rings. The smallest absolute Gasteiger partial charge is 0.0568 e. The van der Waals surface area contributed by atoms with Crippen molar-refractivity contribution in [1.29, 1.82) is 0 Å². The number of fused-ring (bicyclic) bond motifs is 1. The monoisotopic (exact) mass is 255 g/mol. The molecule has 0 spiro atoms. The SMILES string of the molecule is CCNC1CCc2c(-c3cnn(CC)c3)cccc21. The maximum absolute atomic E-state index is 4.39. The summed E-state index contributed by atoms with van der Waals surface area (Å²) in [5.41, 5.74) is 5.58. The van der Waals surface area contributed by atoms with Gasteiger partial charge in [0.05, 0.1) is 6.20 Å². The highest BCUT2D eigenvalue weighted by Gasteiger charge is 2.24. The zero-order valence-electron chi connectivity index (χ0n) is 11.7. The number of nitrogens with one attached hydrogen (secondary N) is 1. The van der Waals surface area contributed by atoms with Gasteiger partial charge in [-0.2, -0.15) is 5.10 Å². The Kier molecular flexibility index (Phi) is 3.38. The highest BCUT2D eigenvalue weighted by atomic mass is 15.3. The van der Waals surface area contributed by atoms with Crippen LogP contribution >= 0.6 is 0 Å². The van der Waals surface area contributed by atoms with Gasteiger partial charge in [-0.3, -0.25) is 4.68 Å². The molecule has 1 aromatic heterocycles. The summed E-state index contributed by atoms with van der Waals surface area (Å²) in [7, 11) is 0. The van der Waals surface area contributed by atoms with E-state index in [2.05, 4.69) is 48.7 Å². The molecule has 0 amide bonds. The molecule has 1 aliphatic carbocycles. The topological polar surface area (TPSA) is 29.9 Å². The lowest BCUT2D eigenvalue weighted by Gasteiger charge is -2.13. The molecule has 1 N–H and O–H groups in total. The van der Waals surface area contributed by atoms with Crippen LogP contribution in [0.5, 0.6) is 0 Å². The number of aryl methyl sites for hydroxylation is 1. The zero-order chi connectivity index (χ0) is 13.2. The first-order chi connectivity index (χ1) is 9.33. The van der Waals surface area contributed by atoms with Crippen molar-refractivity contribution in [1.82, 2.24) is 15.1 Å². The van der Waals surface area contributed by atoms with Gasteiger partial charge in [0.1, 0.15) is 0 Å². The molecule has 3 rings (SSSR count). The summed E-state index contributed by atoms with van der Waals surface area (Å²) in [4.78, 5) is 0. The Hall–Kier alpha value is -1.61. The first-order valence-corrected chi connectivity index (χ1v) is 7.21. The summed E-state index contributed by atoms with van der Waals surface area (Å²) in [5, 5.41) is 7.97. The minimum absolute atomic E-state index is 0.529. The quantitative estimate of drug-likeness (QED) is 0.909. The Morgan fingerprint density at radius 2 is 2.26 bits per heavy atom. The maximum Gasteiger partial charge on any atom is 0.0568 e. The molecule has 3 heteroatoms. The fourth-order valence-corrected chi connectivity index (χ4v) is 3.06. The molecule has 2 aromatic rings. The van der Waals surface area contributed by atoms with Gasteiger partial charge in [0.2, 0.25) is 0 Å². The predicted octanol–water partition coefficient (Wildman–Crippen LogP) is 3.17. The first-order valence-electron chi connectivity index (χ1n) is 7.21. The summed E-state index contributed by atoms with van der Waals surface area (Å²) in [5.74, 6) is 0. The second-order valence-corrected chi connectivity index (χ2v) is 5.11. The molecule has 1 atom stereocenters. The largest absolute Gasteiger partial charge is 0.310 e. The van der Waals surface area contributed by atoms with E-state index in [0.29, 0.717) is 6.04 Å². The minimum atomic E-state index is 0.529. The highest BCUT2D eigenvalue weighted by molar-refractivity contribution is 5.68. The van der Waals surface area contributed by atoms with E-state index in [4.69, 9.17) is 0 Å².